The summed E-state index contributed by atoms with van der Waals surface area (Å²) in [6, 6.07) is 9.90. The Morgan fingerprint density at radius 3 is 2.60 bits per heavy atom. The molecule has 0 spiro atoms. The van der Waals surface area contributed by atoms with Gasteiger partial charge < -0.3 is 4.42 Å². The Labute approximate surface area is 71.2 Å². The van der Waals surface area contributed by atoms with Crippen molar-refractivity contribution in [1.82, 2.24) is 0 Å². The van der Waals surface area contributed by atoms with Crippen molar-refractivity contribution < 1.29 is 4.42 Å². The molecule has 1 aromatic carbocycles. The Hall–Kier alpha value is -0.643. The Morgan fingerprint density at radius 2 is 1.80 bits per heavy atom. The molecule has 0 aliphatic heterocycles. The van der Waals surface area contributed by atoms with Crippen LogP contribution in [0.15, 0.2) is 41.0 Å². The molecule has 0 amide bonds. The van der Waals surface area contributed by atoms with E-state index in [9.17, 15) is 0 Å². The largest absolute Gasteiger partial charge is 0.464 e. The number of para-hydroxylation sites is 1. The minimum absolute atomic E-state index is 0. The number of rotatable bonds is 0. The summed E-state index contributed by atoms with van der Waals surface area (Å²) in [5.74, 6) is 0. The maximum atomic E-state index is 5.12. The van der Waals surface area contributed by atoms with E-state index in [1.807, 2.05) is 30.3 Å². The van der Waals surface area contributed by atoms with E-state index in [1.54, 1.807) is 6.26 Å². The van der Waals surface area contributed by atoms with Gasteiger partial charge in [-0.3, -0.25) is 0 Å². The number of benzene rings is 1. The van der Waals surface area contributed by atoms with E-state index in [1.165, 1.54) is 0 Å². The summed E-state index contributed by atoms with van der Waals surface area (Å²) in [6.45, 7) is 0. The quantitative estimate of drug-likeness (QED) is 0.490. The summed E-state index contributed by atoms with van der Waals surface area (Å²) in [5.41, 5.74) is 0.956. The summed E-state index contributed by atoms with van der Waals surface area (Å²) >= 11 is 0. The van der Waals surface area contributed by atoms with Gasteiger partial charge in [-0.25, -0.2) is 0 Å². The molecule has 0 saturated carbocycles. The number of fused-ring (bicyclic) bond motifs is 1. The number of furan rings is 1. The van der Waals surface area contributed by atoms with Gasteiger partial charge in [0.2, 0.25) is 0 Å². The van der Waals surface area contributed by atoms with Crippen LogP contribution in [-0.2, 0) is 0 Å². The molecular formula is C8H7LiO. The molecule has 46 valence electrons. The maximum Gasteiger partial charge on any atom is 0.133 e. The Kier molecular flexibility index (Phi) is 2.21. The first kappa shape index (κ1) is 7.46. The zero-order valence-corrected chi connectivity index (χ0v) is 4.87. The molecule has 1 nitrogen and oxygen atoms in total. The van der Waals surface area contributed by atoms with Crippen molar-refractivity contribution in [1.29, 1.82) is 0 Å². The number of hydrogen-bond acceptors (Lipinski definition) is 1. The smallest absolute Gasteiger partial charge is 0.133 e. The van der Waals surface area contributed by atoms with Crippen LogP contribution in [0.1, 0.15) is 0 Å². The molecular weight excluding hydrogens is 119 g/mol. The topological polar surface area (TPSA) is 13.1 Å². The summed E-state index contributed by atoms with van der Waals surface area (Å²) in [5, 5.41) is 1.16. The van der Waals surface area contributed by atoms with Crippen molar-refractivity contribution in [2.75, 3.05) is 0 Å². The van der Waals surface area contributed by atoms with Crippen LogP contribution >= 0.6 is 0 Å². The Morgan fingerprint density at radius 1 is 1.00 bits per heavy atom. The zero-order valence-electron chi connectivity index (χ0n) is 4.87. The summed E-state index contributed by atoms with van der Waals surface area (Å²) in [4.78, 5) is 0. The molecule has 10 heavy (non-hydrogen) atoms. The molecule has 2 heteroatoms. The van der Waals surface area contributed by atoms with Gasteiger partial charge in [0.1, 0.15) is 5.58 Å². The minimum atomic E-state index is 0. The fraction of sp³-hybridized carbons (Fsp3) is 0. The third kappa shape index (κ3) is 1.11. The molecule has 2 aromatic rings. The summed E-state index contributed by atoms with van der Waals surface area (Å²) in [6.07, 6.45) is 1.70. The van der Waals surface area contributed by atoms with Crippen LogP contribution in [0.25, 0.3) is 11.0 Å². The predicted molar refractivity (Wildman–Crippen MR) is 43.4 cm³/mol. The van der Waals surface area contributed by atoms with Gasteiger partial charge in [-0.2, -0.15) is 0 Å². The van der Waals surface area contributed by atoms with E-state index < -0.39 is 0 Å². The number of hydrogen-bond donors (Lipinski definition) is 0. The van der Waals surface area contributed by atoms with Crippen LogP contribution in [-0.4, -0.2) is 18.9 Å². The SMILES string of the molecule is [LiH].c1ccc2occc2c1. The molecule has 0 aliphatic carbocycles. The van der Waals surface area contributed by atoms with Crippen molar-refractivity contribution in [3.63, 3.8) is 0 Å². The predicted octanol–water partition coefficient (Wildman–Crippen LogP) is 1.78. The molecule has 0 bridgehead atoms. The molecule has 2 rings (SSSR count). The molecule has 1 heterocycles. The first-order chi connectivity index (χ1) is 4.47. The summed E-state index contributed by atoms with van der Waals surface area (Å²) in [7, 11) is 0. The molecule has 0 saturated heterocycles. The average Bonchev–Trinajstić information content (AvgIpc) is 2.33. The standard InChI is InChI=1S/C8H6O.Li.H/c1-2-4-8-7(3-1)5-6-9-8;;/h1-6H;;. The second-order valence-electron chi connectivity index (χ2n) is 1.96. The van der Waals surface area contributed by atoms with Crippen LogP contribution in [0.3, 0.4) is 0 Å². The zero-order chi connectivity index (χ0) is 6.10. The van der Waals surface area contributed by atoms with Crippen LogP contribution in [0.5, 0.6) is 0 Å². The van der Waals surface area contributed by atoms with Crippen LogP contribution in [0, 0.1) is 0 Å². The van der Waals surface area contributed by atoms with E-state index >= 15 is 0 Å². The third-order valence-electron chi connectivity index (χ3n) is 1.36. The van der Waals surface area contributed by atoms with Crippen molar-refractivity contribution in [3.05, 3.63) is 36.6 Å². The fourth-order valence-corrected chi connectivity index (χ4v) is 0.906. The molecule has 0 radical (unpaired) electrons. The second-order valence-corrected chi connectivity index (χ2v) is 1.96. The van der Waals surface area contributed by atoms with Crippen molar-refractivity contribution in [2.24, 2.45) is 0 Å². The van der Waals surface area contributed by atoms with Gasteiger partial charge in [0.25, 0.3) is 0 Å². The molecule has 0 unspecified atom stereocenters. The van der Waals surface area contributed by atoms with Gasteiger partial charge >= 0.3 is 18.9 Å². The Bertz CT molecular complexity index is 283. The molecule has 0 atom stereocenters. The second kappa shape index (κ2) is 2.96. The van der Waals surface area contributed by atoms with Crippen LogP contribution < -0.4 is 0 Å². The monoisotopic (exact) mass is 126 g/mol. The van der Waals surface area contributed by atoms with Crippen molar-refractivity contribution in [2.45, 2.75) is 0 Å². The summed E-state index contributed by atoms with van der Waals surface area (Å²) < 4.78 is 5.12. The van der Waals surface area contributed by atoms with Gasteiger partial charge in [-0.15, -0.1) is 0 Å². The van der Waals surface area contributed by atoms with Crippen molar-refractivity contribution >= 4 is 29.8 Å². The van der Waals surface area contributed by atoms with Gasteiger partial charge in [0.15, 0.2) is 0 Å². The normalized spacial score (nSPS) is 9.20. The van der Waals surface area contributed by atoms with Gasteiger partial charge in [-0.1, -0.05) is 18.2 Å². The van der Waals surface area contributed by atoms with Crippen LogP contribution in [0.4, 0.5) is 0 Å². The van der Waals surface area contributed by atoms with E-state index in [-0.39, 0.29) is 18.9 Å². The molecule has 0 N–H and O–H groups in total. The molecule has 0 fully saturated rings. The van der Waals surface area contributed by atoms with Gasteiger partial charge in [-0.05, 0) is 12.1 Å². The fourth-order valence-electron chi connectivity index (χ4n) is 0.906. The molecule has 0 aliphatic rings. The van der Waals surface area contributed by atoms with Gasteiger partial charge in [0, 0.05) is 5.39 Å². The minimum Gasteiger partial charge on any atom is -0.464 e. The third-order valence-corrected chi connectivity index (χ3v) is 1.36. The first-order valence-electron chi connectivity index (χ1n) is 2.89. The van der Waals surface area contributed by atoms with E-state index in [2.05, 4.69) is 0 Å². The van der Waals surface area contributed by atoms with Gasteiger partial charge in [0.05, 0.1) is 6.26 Å². The van der Waals surface area contributed by atoms with Crippen LogP contribution in [0.2, 0.25) is 0 Å². The Balaban J connectivity index is 0.000000500. The first-order valence-corrected chi connectivity index (χ1v) is 2.89. The van der Waals surface area contributed by atoms with Crippen molar-refractivity contribution in [3.8, 4) is 0 Å². The van der Waals surface area contributed by atoms with E-state index in [4.69, 9.17) is 4.42 Å². The molecule has 1 aromatic heterocycles. The van der Waals surface area contributed by atoms with E-state index in [0.29, 0.717) is 0 Å². The maximum absolute atomic E-state index is 5.12. The average molecular weight is 126 g/mol. The van der Waals surface area contributed by atoms with E-state index in [0.717, 1.165) is 11.0 Å².